The Kier molecular flexibility index (Phi) is 8.22. The molecule has 11 nitrogen and oxygen atoms in total. The van der Waals surface area contributed by atoms with Gasteiger partial charge in [-0.25, -0.2) is 13.4 Å². The second-order valence-electron chi connectivity index (χ2n) is 9.72. The van der Waals surface area contributed by atoms with Gasteiger partial charge in [-0.2, -0.15) is 4.98 Å². The second-order valence-corrected chi connectivity index (χ2v) is 11.8. The van der Waals surface area contributed by atoms with Crippen LogP contribution in [0, 0.1) is 5.92 Å². The average molecular weight is 543 g/mol. The monoisotopic (exact) mass is 542 g/mol. The molecule has 4 rings (SSSR count). The molecule has 1 aliphatic rings. The molecule has 38 heavy (non-hydrogen) atoms. The van der Waals surface area contributed by atoms with E-state index in [9.17, 15) is 22.8 Å². The van der Waals surface area contributed by atoms with Crippen LogP contribution in [0.1, 0.15) is 36.5 Å². The molecule has 1 fully saturated rings. The molecule has 3 aromatic rings. The molecule has 0 aliphatic carbocycles. The van der Waals surface area contributed by atoms with Crippen LogP contribution in [0.5, 0.6) is 0 Å². The lowest BCUT2D eigenvalue weighted by molar-refractivity contribution is -0.139. The summed E-state index contributed by atoms with van der Waals surface area (Å²) < 4.78 is 36.9. The van der Waals surface area contributed by atoms with Crippen molar-refractivity contribution in [2.75, 3.05) is 32.1 Å². The summed E-state index contributed by atoms with van der Waals surface area (Å²) in [6.45, 7) is 4.40. The molecule has 1 aromatic carbocycles. The number of Topliss-reactive ketones (excluding diaryl/α,β-unsaturated/α-hetero) is 1. The van der Waals surface area contributed by atoms with E-state index in [0.717, 1.165) is 0 Å². The van der Waals surface area contributed by atoms with E-state index in [-0.39, 0.29) is 29.6 Å². The van der Waals surface area contributed by atoms with E-state index in [1.165, 1.54) is 20.0 Å². The second kappa shape index (κ2) is 11.4. The van der Waals surface area contributed by atoms with Crippen molar-refractivity contribution in [2.24, 2.45) is 5.92 Å². The zero-order valence-electron chi connectivity index (χ0n) is 21.3. The number of oxazole rings is 1. The summed E-state index contributed by atoms with van der Waals surface area (Å²) in [6, 6.07) is 11.9. The highest BCUT2D eigenvalue weighted by Crippen LogP contribution is 2.20. The summed E-state index contributed by atoms with van der Waals surface area (Å²) in [4.78, 5) is 49.3. The number of hydrogen-bond acceptors (Lipinski definition) is 9. The normalized spacial score (nSPS) is 15.3. The van der Waals surface area contributed by atoms with Crippen molar-refractivity contribution < 1.29 is 32.0 Å². The molecule has 0 saturated carbocycles. The average Bonchev–Trinajstić information content (AvgIpc) is 3.32. The number of morpholine rings is 1. The number of aromatic nitrogens is 2. The Morgan fingerprint density at radius 2 is 1.79 bits per heavy atom. The first kappa shape index (κ1) is 27.4. The van der Waals surface area contributed by atoms with Gasteiger partial charge in [-0.05, 0) is 31.5 Å². The number of pyridine rings is 1. The third-order valence-corrected chi connectivity index (χ3v) is 7.89. The molecular weight excluding hydrogens is 512 g/mol. The predicted molar refractivity (Wildman–Crippen MR) is 138 cm³/mol. The Hall–Kier alpha value is -3.64. The van der Waals surface area contributed by atoms with E-state index in [2.05, 4.69) is 15.3 Å². The van der Waals surface area contributed by atoms with Crippen LogP contribution in [-0.2, 0) is 29.9 Å². The van der Waals surface area contributed by atoms with Crippen LogP contribution in [0.2, 0.25) is 0 Å². The summed E-state index contributed by atoms with van der Waals surface area (Å²) >= 11 is 0. The number of ether oxygens (including phenoxy) is 1. The molecule has 1 unspecified atom stereocenters. The minimum atomic E-state index is -3.78. The van der Waals surface area contributed by atoms with E-state index >= 15 is 0 Å². The number of nitrogens with zero attached hydrogens (tertiary/aromatic N) is 3. The van der Waals surface area contributed by atoms with Gasteiger partial charge in [-0.1, -0.05) is 30.3 Å². The lowest BCUT2D eigenvalue weighted by atomic mass is 9.96. The topological polar surface area (TPSA) is 149 Å². The third-order valence-electron chi connectivity index (χ3n) is 6.20. The van der Waals surface area contributed by atoms with Crippen LogP contribution >= 0.6 is 0 Å². The lowest BCUT2D eigenvalue weighted by Crippen LogP contribution is -2.53. The van der Waals surface area contributed by atoms with Gasteiger partial charge < -0.3 is 19.4 Å². The minimum absolute atomic E-state index is 0.235. The molecular formula is C26H30N4O7S. The molecule has 1 aliphatic heterocycles. The van der Waals surface area contributed by atoms with Crippen molar-refractivity contribution in [2.45, 2.75) is 31.6 Å². The molecule has 202 valence electrons. The SMILES string of the molecule is CC(C)(NC(=O)C(CC(=O)N1CCOCC1)CS(=O)(=O)Cc1ccccc1)C(=O)c1nc2ncccc2o1. The summed E-state index contributed by atoms with van der Waals surface area (Å²) in [7, 11) is -3.78. The fourth-order valence-electron chi connectivity index (χ4n) is 4.17. The first-order chi connectivity index (χ1) is 18.0. The highest BCUT2D eigenvalue weighted by molar-refractivity contribution is 7.90. The standard InChI is InChI=1S/C26H30N4O7S/c1-26(2,22(32)25-28-23-20(37-25)9-6-10-27-23)29-24(33)19(15-21(31)30-11-13-36-14-12-30)17-38(34,35)16-18-7-4-3-5-8-18/h3-10,19H,11-17H2,1-2H3,(H,29,33). The maximum Gasteiger partial charge on any atom is 0.268 e. The maximum absolute atomic E-state index is 13.4. The van der Waals surface area contributed by atoms with Crippen molar-refractivity contribution in [3.8, 4) is 0 Å². The zero-order valence-corrected chi connectivity index (χ0v) is 22.1. The number of amides is 2. The number of carbonyl (C=O) groups excluding carboxylic acids is 3. The van der Waals surface area contributed by atoms with E-state index in [4.69, 9.17) is 9.15 Å². The van der Waals surface area contributed by atoms with Gasteiger partial charge in [0.1, 0.15) is 5.54 Å². The van der Waals surface area contributed by atoms with Crippen LogP contribution in [0.4, 0.5) is 0 Å². The number of rotatable bonds is 10. The number of nitrogens with one attached hydrogen (secondary N) is 1. The summed E-state index contributed by atoms with van der Waals surface area (Å²) in [6.07, 6.45) is 1.19. The maximum atomic E-state index is 13.4. The number of sulfone groups is 1. The van der Waals surface area contributed by atoms with Gasteiger partial charge in [0.25, 0.3) is 5.89 Å². The lowest BCUT2D eigenvalue weighted by Gasteiger charge is -2.30. The van der Waals surface area contributed by atoms with Gasteiger partial charge in [0, 0.05) is 25.7 Å². The van der Waals surface area contributed by atoms with Crippen molar-refractivity contribution in [1.29, 1.82) is 0 Å². The van der Waals surface area contributed by atoms with E-state index in [1.54, 1.807) is 47.4 Å². The molecule has 1 saturated heterocycles. The van der Waals surface area contributed by atoms with Gasteiger partial charge in [0.2, 0.25) is 17.6 Å². The molecule has 3 heterocycles. The fourth-order valence-corrected chi connectivity index (χ4v) is 5.87. The zero-order chi connectivity index (χ0) is 27.3. The van der Waals surface area contributed by atoms with E-state index in [1.807, 2.05) is 0 Å². The van der Waals surface area contributed by atoms with Gasteiger partial charge >= 0.3 is 0 Å². The van der Waals surface area contributed by atoms with Gasteiger partial charge in [0.15, 0.2) is 21.1 Å². The van der Waals surface area contributed by atoms with Gasteiger partial charge in [0.05, 0.1) is 30.6 Å². The third kappa shape index (κ3) is 6.81. The number of carbonyl (C=O) groups is 3. The van der Waals surface area contributed by atoms with Crippen molar-refractivity contribution in [3.63, 3.8) is 0 Å². The molecule has 0 bridgehead atoms. The van der Waals surface area contributed by atoms with Crippen molar-refractivity contribution in [3.05, 3.63) is 60.1 Å². The molecule has 12 heteroatoms. The first-order valence-electron chi connectivity index (χ1n) is 12.2. The van der Waals surface area contributed by atoms with Crippen molar-refractivity contribution >= 4 is 38.7 Å². The molecule has 1 atom stereocenters. The molecule has 2 aromatic heterocycles. The Morgan fingerprint density at radius 1 is 1.08 bits per heavy atom. The minimum Gasteiger partial charge on any atom is -0.432 e. The molecule has 2 amide bonds. The highest BCUT2D eigenvalue weighted by Gasteiger charge is 2.38. The molecule has 0 radical (unpaired) electrons. The van der Waals surface area contributed by atoms with Crippen LogP contribution in [-0.4, -0.2) is 78.5 Å². The Bertz CT molecular complexity index is 1380. The quantitative estimate of drug-likeness (QED) is 0.378. The number of hydrogen-bond donors (Lipinski definition) is 1. The van der Waals surface area contributed by atoms with Crippen LogP contribution < -0.4 is 5.32 Å². The number of fused-ring (bicyclic) bond motifs is 1. The van der Waals surface area contributed by atoms with Crippen molar-refractivity contribution in [1.82, 2.24) is 20.2 Å². The Labute approximate surface area is 220 Å². The number of ketones is 1. The predicted octanol–water partition coefficient (Wildman–Crippen LogP) is 1.78. The summed E-state index contributed by atoms with van der Waals surface area (Å²) in [5.41, 5.74) is -0.356. The Morgan fingerprint density at radius 3 is 2.47 bits per heavy atom. The first-order valence-corrected chi connectivity index (χ1v) is 14.0. The smallest absolute Gasteiger partial charge is 0.268 e. The van der Waals surface area contributed by atoms with Crippen LogP contribution in [0.3, 0.4) is 0 Å². The Balaban J connectivity index is 1.52. The summed E-state index contributed by atoms with van der Waals surface area (Å²) in [5.74, 6) is -3.97. The van der Waals surface area contributed by atoms with Crippen LogP contribution in [0.25, 0.3) is 11.2 Å². The highest BCUT2D eigenvalue weighted by atomic mass is 32.2. The van der Waals surface area contributed by atoms with Gasteiger partial charge in [-0.15, -0.1) is 0 Å². The summed E-state index contributed by atoms with van der Waals surface area (Å²) in [5, 5.41) is 2.62. The van der Waals surface area contributed by atoms with E-state index < -0.39 is 38.7 Å². The fraction of sp³-hybridized carbons (Fsp3) is 0.423. The number of benzene rings is 1. The van der Waals surface area contributed by atoms with E-state index in [0.29, 0.717) is 37.4 Å². The largest absolute Gasteiger partial charge is 0.432 e. The molecule has 0 spiro atoms. The van der Waals surface area contributed by atoms with Gasteiger partial charge in [-0.3, -0.25) is 14.4 Å². The van der Waals surface area contributed by atoms with Crippen LogP contribution in [0.15, 0.2) is 53.1 Å². The molecule has 1 N–H and O–H groups in total.